The fraction of sp³-hybridized carbons (Fsp3) is 0.464. The third-order valence-corrected chi connectivity index (χ3v) is 7.52. The molecule has 1 atom stereocenters. The van der Waals surface area contributed by atoms with Crippen molar-refractivity contribution >= 4 is 17.7 Å². The Balaban J connectivity index is 1.36. The van der Waals surface area contributed by atoms with Crippen molar-refractivity contribution in [2.45, 2.75) is 31.0 Å². The summed E-state index contributed by atoms with van der Waals surface area (Å²) in [6.07, 6.45) is 1.23. The molecule has 2 aromatic rings. The summed E-state index contributed by atoms with van der Waals surface area (Å²) in [7, 11) is 1.57. The Kier molecular flexibility index (Phi) is 7.43. The number of carbonyl (C=O) groups excluding carboxylic acids is 3. The van der Waals surface area contributed by atoms with Crippen molar-refractivity contribution in [1.29, 1.82) is 0 Å². The number of piperidine rings is 1. The maximum atomic E-state index is 13.9. The van der Waals surface area contributed by atoms with E-state index in [9.17, 15) is 14.4 Å². The summed E-state index contributed by atoms with van der Waals surface area (Å²) in [5, 5.41) is 0. The molecule has 0 unspecified atom stereocenters. The van der Waals surface area contributed by atoms with Gasteiger partial charge in [0.05, 0.1) is 33.4 Å². The van der Waals surface area contributed by atoms with E-state index < -0.39 is 11.8 Å². The highest BCUT2D eigenvalue weighted by atomic mass is 16.5. The number of nitrogens with zero attached hydrogens (tertiary/aromatic N) is 3. The summed E-state index contributed by atoms with van der Waals surface area (Å²) >= 11 is 0. The molecule has 5 rings (SSSR count). The van der Waals surface area contributed by atoms with Crippen molar-refractivity contribution in [2.75, 3.05) is 53.1 Å². The molecule has 9 nitrogen and oxygen atoms in total. The van der Waals surface area contributed by atoms with Crippen LogP contribution in [-0.4, -0.2) is 97.3 Å². The van der Waals surface area contributed by atoms with Crippen LogP contribution in [0, 0.1) is 0 Å². The first-order chi connectivity index (χ1) is 18.0. The topological polar surface area (TPSA) is 88.6 Å². The van der Waals surface area contributed by atoms with E-state index in [0.717, 1.165) is 5.56 Å². The smallest absolute Gasteiger partial charge is 0.256 e. The summed E-state index contributed by atoms with van der Waals surface area (Å²) in [5.74, 6) is 0.323. The molecule has 3 heterocycles. The molecular formula is C28H33N3O6. The Morgan fingerprint density at radius 1 is 0.919 bits per heavy atom. The first-order valence-corrected chi connectivity index (χ1v) is 12.8. The predicted octanol–water partition coefficient (Wildman–Crippen LogP) is 1.96. The third-order valence-electron chi connectivity index (χ3n) is 7.52. The Hall–Kier alpha value is -3.43. The van der Waals surface area contributed by atoms with Crippen LogP contribution in [0.25, 0.3) is 0 Å². The van der Waals surface area contributed by atoms with Crippen molar-refractivity contribution < 1.29 is 28.6 Å². The first kappa shape index (κ1) is 25.2. The summed E-state index contributed by atoms with van der Waals surface area (Å²) < 4.78 is 17.0. The second-order valence-electron chi connectivity index (χ2n) is 9.66. The molecule has 3 saturated heterocycles. The number of amides is 3. The number of hydrogen-bond acceptors (Lipinski definition) is 6. The lowest BCUT2D eigenvalue weighted by molar-refractivity contribution is -0.146. The molecule has 3 aliphatic rings. The fourth-order valence-electron chi connectivity index (χ4n) is 5.41. The number of carbonyl (C=O) groups is 3. The molecule has 0 radical (unpaired) electrons. The maximum Gasteiger partial charge on any atom is 0.256 e. The lowest BCUT2D eigenvalue weighted by atomic mass is 9.96. The highest BCUT2D eigenvalue weighted by molar-refractivity contribution is 5.98. The number of morpholine rings is 1. The molecule has 196 valence electrons. The van der Waals surface area contributed by atoms with Gasteiger partial charge >= 0.3 is 0 Å². The number of methoxy groups -OCH3 is 1. The van der Waals surface area contributed by atoms with E-state index in [-0.39, 0.29) is 24.3 Å². The largest absolute Gasteiger partial charge is 0.497 e. The van der Waals surface area contributed by atoms with Gasteiger partial charge < -0.3 is 24.0 Å². The van der Waals surface area contributed by atoms with E-state index in [1.54, 1.807) is 41.2 Å². The Bertz CT molecular complexity index is 1110. The van der Waals surface area contributed by atoms with Crippen LogP contribution in [0.2, 0.25) is 0 Å². The molecule has 0 aliphatic carbocycles. The van der Waals surface area contributed by atoms with Gasteiger partial charge in [-0.25, -0.2) is 0 Å². The molecule has 3 amide bonds. The van der Waals surface area contributed by atoms with Crippen molar-refractivity contribution in [3.63, 3.8) is 0 Å². The van der Waals surface area contributed by atoms with Crippen molar-refractivity contribution in [3.8, 4) is 5.75 Å². The standard InChI is InChI=1S/C28H33N3O6/c1-35-23-9-7-22(8-10-23)26(33)31-24(27(34)30-15-17-36-18-16-30)20-37-28(31)11-13-29(14-12-28)25(32)19-21-5-3-2-4-6-21/h2-10,24H,11-20H2,1H3/t24-/m1/s1. The Morgan fingerprint density at radius 3 is 2.24 bits per heavy atom. The molecule has 3 aliphatic heterocycles. The molecule has 1 spiro atoms. The van der Waals surface area contributed by atoms with Gasteiger partial charge in [-0.05, 0) is 29.8 Å². The average molecular weight is 508 g/mol. The SMILES string of the molecule is COc1ccc(C(=O)N2[C@@H](C(=O)N3CCOCC3)COC23CCN(C(=O)Cc2ccccc2)CC3)cc1. The van der Waals surface area contributed by atoms with Gasteiger partial charge in [-0.1, -0.05) is 30.3 Å². The molecule has 9 heteroatoms. The minimum Gasteiger partial charge on any atom is -0.497 e. The zero-order chi connectivity index (χ0) is 25.8. The van der Waals surface area contributed by atoms with Crippen molar-refractivity contribution in [3.05, 3.63) is 65.7 Å². The van der Waals surface area contributed by atoms with E-state index in [4.69, 9.17) is 14.2 Å². The third kappa shape index (κ3) is 5.19. The Morgan fingerprint density at radius 2 is 1.59 bits per heavy atom. The van der Waals surface area contributed by atoms with Crippen LogP contribution in [0.15, 0.2) is 54.6 Å². The summed E-state index contributed by atoms with van der Waals surface area (Å²) in [6.45, 7) is 3.00. The zero-order valence-electron chi connectivity index (χ0n) is 21.1. The average Bonchev–Trinajstić information content (AvgIpc) is 3.31. The van der Waals surface area contributed by atoms with Crippen LogP contribution in [0.4, 0.5) is 0 Å². The van der Waals surface area contributed by atoms with Crippen LogP contribution in [0.1, 0.15) is 28.8 Å². The normalized spacial score (nSPS) is 21.2. The summed E-state index contributed by atoms with van der Waals surface area (Å²) in [5.41, 5.74) is 0.498. The van der Waals surface area contributed by atoms with Gasteiger partial charge in [-0.15, -0.1) is 0 Å². The van der Waals surface area contributed by atoms with E-state index in [1.165, 1.54) is 0 Å². The molecule has 0 saturated carbocycles. The summed E-state index contributed by atoms with van der Waals surface area (Å²) in [4.78, 5) is 45.7. The van der Waals surface area contributed by atoms with Crippen LogP contribution in [0.3, 0.4) is 0 Å². The quantitative estimate of drug-likeness (QED) is 0.615. The summed E-state index contributed by atoms with van der Waals surface area (Å²) in [6, 6.07) is 15.8. The lowest BCUT2D eigenvalue weighted by Crippen LogP contribution is -2.60. The number of rotatable bonds is 5. The van der Waals surface area contributed by atoms with Crippen molar-refractivity contribution in [1.82, 2.24) is 14.7 Å². The number of benzene rings is 2. The van der Waals surface area contributed by atoms with Gasteiger partial charge in [0.25, 0.3) is 5.91 Å². The number of likely N-dealkylation sites (tertiary alicyclic amines) is 1. The molecular weight excluding hydrogens is 474 g/mol. The zero-order valence-corrected chi connectivity index (χ0v) is 21.1. The van der Waals surface area contributed by atoms with E-state index >= 15 is 0 Å². The molecule has 37 heavy (non-hydrogen) atoms. The van der Waals surface area contributed by atoms with Gasteiger partial charge in [0.15, 0.2) is 0 Å². The van der Waals surface area contributed by atoms with Crippen LogP contribution >= 0.6 is 0 Å². The first-order valence-electron chi connectivity index (χ1n) is 12.8. The van der Waals surface area contributed by atoms with Crippen LogP contribution in [-0.2, 0) is 25.5 Å². The molecule has 0 bridgehead atoms. The van der Waals surface area contributed by atoms with Gasteiger partial charge in [-0.2, -0.15) is 0 Å². The second-order valence-corrected chi connectivity index (χ2v) is 9.66. The van der Waals surface area contributed by atoms with Gasteiger partial charge in [0.2, 0.25) is 11.8 Å². The molecule has 0 N–H and O–H groups in total. The van der Waals surface area contributed by atoms with E-state index in [0.29, 0.717) is 70.0 Å². The highest BCUT2D eigenvalue weighted by Gasteiger charge is 2.55. The monoisotopic (exact) mass is 507 g/mol. The van der Waals surface area contributed by atoms with E-state index in [1.807, 2.05) is 35.2 Å². The molecule has 0 aromatic heterocycles. The number of hydrogen-bond donors (Lipinski definition) is 0. The van der Waals surface area contributed by atoms with Gasteiger partial charge in [0.1, 0.15) is 17.5 Å². The van der Waals surface area contributed by atoms with Gasteiger partial charge in [0, 0.05) is 44.6 Å². The minimum absolute atomic E-state index is 0.0491. The lowest BCUT2D eigenvalue weighted by Gasteiger charge is -2.45. The highest BCUT2D eigenvalue weighted by Crippen LogP contribution is 2.39. The molecule has 3 fully saturated rings. The van der Waals surface area contributed by atoms with E-state index in [2.05, 4.69) is 0 Å². The molecule has 2 aromatic carbocycles. The maximum absolute atomic E-state index is 13.9. The van der Waals surface area contributed by atoms with Crippen molar-refractivity contribution in [2.24, 2.45) is 0 Å². The Labute approximate surface area is 216 Å². The second kappa shape index (κ2) is 10.9. The fourth-order valence-corrected chi connectivity index (χ4v) is 5.41. The van der Waals surface area contributed by atoms with Gasteiger partial charge in [-0.3, -0.25) is 19.3 Å². The van der Waals surface area contributed by atoms with Crippen LogP contribution < -0.4 is 4.74 Å². The van der Waals surface area contributed by atoms with Crippen LogP contribution in [0.5, 0.6) is 5.75 Å². The predicted molar refractivity (Wildman–Crippen MR) is 135 cm³/mol. The number of ether oxygens (including phenoxy) is 3. The minimum atomic E-state index is -0.937.